The summed E-state index contributed by atoms with van der Waals surface area (Å²) >= 11 is 0. The van der Waals surface area contributed by atoms with Gasteiger partial charge in [0.1, 0.15) is 6.04 Å². The van der Waals surface area contributed by atoms with Gasteiger partial charge in [-0.1, -0.05) is 20.8 Å². The number of hydrogen-bond acceptors (Lipinski definition) is 3. The molecule has 0 unspecified atom stereocenters. The Balaban J connectivity index is 2.02. The van der Waals surface area contributed by atoms with Gasteiger partial charge in [0.15, 0.2) is 0 Å². The minimum atomic E-state index is -0.364. The number of likely N-dealkylation sites (tertiary alicyclic amines) is 2. The summed E-state index contributed by atoms with van der Waals surface area (Å²) in [6.07, 6.45) is 3.56. The van der Waals surface area contributed by atoms with Gasteiger partial charge in [0.25, 0.3) is 0 Å². The van der Waals surface area contributed by atoms with Crippen molar-refractivity contribution in [3.05, 3.63) is 0 Å². The lowest BCUT2D eigenvalue weighted by atomic mass is 9.91. The Morgan fingerprint density at radius 3 is 2.35 bits per heavy atom. The summed E-state index contributed by atoms with van der Waals surface area (Å²) < 4.78 is 0. The van der Waals surface area contributed by atoms with E-state index in [1.807, 2.05) is 20.8 Å². The van der Waals surface area contributed by atoms with Crippen molar-refractivity contribution in [3.63, 3.8) is 0 Å². The zero-order valence-electron chi connectivity index (χ0n) is 14.5. The van der Waals surface area contributed by atoms with Crippen molar-refractivity contribution >= 4 is 17.7 Å². The van der Waals surface area contributed by atoms with Crippen LogP contribution in [0.3, 0.4) is 0 Å². The van der Waals surface area contributed by atoms with Gasteiger partial charge >= 0.3 is 0 Å². The van der Waals surface area contributed by atoms with Crippen LogP contribution in [0.25, 0.3) is 0 Å². The van der Waals surface area contributed by atoms with Crippen LogP contribution in [0.2, 0.25) is 0 Å². The van der Waals surface area contributed by atoms with E-state index in [0.717, 1.165) is 19.3 Å². The minimum absolute atomic E-state index is 0.0179. The maximum Gasteiger partial charge on any atom is 0.245 e. The van der Waals surface area contributed by atoms with Gasteiger partial charge in [-0.15, -0.1) is 0 Å². The number of rotatable bonds is 3. The molecule has 2 aliphatic heterocycles. The van der Waals surface area contributed by atoms with E-state index in [2.05, 4.69) is 0 Å². The monoisotopic (exact) mass is 323 g/mol. The lowest BCUT2D eigenvalue weighted by molar-refractivity contribution is -0.146. The van der Waals surface area contributed by atoms with E-state index in [1.54, 1.807) is 9.80 Å². The molecule has 6 nitrogen and oxygen atoms in total. The normalized spacial score (nSPS) is 25.5. The number of hydrogen-bond donors (Lipinski definition) is 1. The number of piperidine rings is 1. The predicted octanol–water partition coefficient (Wildman–Crippen LogP) is 1.14. The van der Waals surface area contributed by atoms with E-state index < -0.39 is 0 Å². The second kappa shape index (κ2) is 6.89. The maximum absolute atomic E-state index is 12.8. The number of carbonyl (C=O) groups excluding carboxylic acids is 3. The van der Waals surface area contributed by atoms with E-state index in [9.17, 15) is 14.4 Å². The van der Waals surface area contributed by atoms with Crippen LogP contribution in [0.4, 0.5) is 0 Å². The molecule has 0 bridgehead atoms. The van der Waals surface area contributed by atoms with Gasteiger partial charge in [0.2, 0.25) is 17.7 Å². The van der Waals surface area contributed by atoms with Crippen molar-refractivity contribution < 1.29 is 14.4 Å². The van der Waals surface area contributed by atoms with E-state index >= 15 is 0 Å². The first-order valence-electron chi connectivity index (χ1n) is 8.56. The standard InChI is InChI=1S/C17H29N3O3/c1-17(2,3)10-14(21)20-9-5-7-13(20)16(23)19-8-4-6-12(11-19)15(18)22/h12-13H,4-11H2,1-3H3,(H2,18,22)/t12-,13+/m0/s1. The fourth-order valence-electron chi connectivity index (χ4n) is 3.50. The van der Waals surface area contributed by atoms with E-state index in [4.69, 9.17) is 5.73 Å². The highest BCUT2D eigenvalue weighted by Crippen LogP contribution is 2.27. The molecule has 2 aliphatic rings. The molecule has 0 saturated carbocycles. The average Bonchev–Trinajstić information content (AvgIpc) is 2.94. The van der Waals surface area contributed by atoms with Crippen molar-refractivity contribution in [1.29, 1.82) is 0 Å². The van der Waals surface area contributed by atoms with Crippen molar-refractivity contribution in [2.24, 2.45) is 17.1 Å². The maximum atomic E-state index is 12.8. The molecule has 0 radical (unpaired) electrons. The van der Waals surface area contributed by atoms with Crippen molar-refractivity contribution in [3.8, 4) is 0 Å². The molecule has 2 saturated heterocycles. The Hall–Kier alpha value is -1.59. The van der Waals surface area contributed by atoms with Gasteiger partial charge < -0.3 is 15.5 Å². The molecule has 0 spiro atoms. The highest BCUT2D eigenvalue weighted by molar-refractivity contribution is 5.89. The van der Waals surface area contributed by atoms with E-state index in [0.29, 0.717) is 32.5 Å². The molecule has 0 aliphatic carbocycles. The number of nitrogens with zero attached hydrogens (tertiary/aromatic N) is 2. The zero-order chi connectivity index (χ0) is 17.2. The number of amides is 3. The average molecular weight is 323 g/mol. The summed E-state index contributed by atoms with van der Waals surface area (Å²) in [4.78, 5) is 40.2. The topological polar surface area (TPSA) is 83.7 Å². The van der Waals surface area contributed by atoms with Gasteiger partial charge in [-0.3, -0.25) is 14.4 Å². The van der Waals surface area contributed by atoms with Gasteiger partial charge in [-0.2, -0.15) is 0 Å². The third-order valence-electron chi connectivity index (χ3n) is 4.68. The first-order valence-corrected chi connectivity index (χ1v) is 8.56. The Labute approximate surface area is 138 Å². The minimum Gasteiger partial charge on any atom is -0.369 e. The lowest BCUT2D eigenvalue weighted by Crippen LogP contribution is -2.52. The number of carbonyl (C=O) groups is 3. The SMILES string of the molecule is CC(C)(C)CC(=O)N1CCC[C@@H]1C(=O)N1CCC[C@H](C(N)=O)C1. The molecule has 0 aromatic carbocycles. The van der Waals surface area contributed by atoms with Crippen LogP contribution < -0.4 is 5.73 Å². The van der Waals surface area contributed by atoms with Crippen molar-refractivity contribution in [2.45, 2.75) is 58.9 Å². The van der Waals surface area contributed by atoms with Crippen LogP contribution in [-0.4, -0.2) is 53.2 Å². The van der Waals surface area contributed by atoms with Gasteiger partial charge in [0, 0.05) is 26.1 Å². The van der Waals surface area contributed by atoms with E-state index in [-0.39, 0.29) is 35.1 Å². The molecule has 23 heavy (non-hydrogen) atoms. The van der Waals surface area contributed by atoms with Crippen LogP contribution in [0.5, 0.6) is 0 Å². The second-order valence-electron chi connectivity index (χ2n) is 8.01. The molecule has 0 aromatic rings. The number of nitrogens with two attached hydrogens (primary N) is 1. The van der Waals surface area contributed by atoms with Crippen LogP contribution in [-0.2, 0) is 14.4 Å². The van der Waals surface area contributed by atoms with Gasteiger partial charge in [-0.05, 0) is 31.1 Å². The highest BCUT2D eigenvalue weighted by Gasteiger charge is 2.39. The summed E-state index contributed by atoms with van der Waals surface area (Å²) in [6, 6.07) is -0.364. The lowest BCUT2D eigenvalue weighted by Gasteiger charge is -2.35. The van der Waals surface area contributed by atoms with Crippen LogP contribution in [0.1, 0.15) is 52.9 Å². The largest absolute Gasteiger partial charge is 0.369 e. The smallest absolute Gasteiger partial charge is 0.245 e. The summed E-state index contributed by atoms with van der Waals surface area (Å²) in [7, 11) is 0. The molecule has 0 aromatic heterocycles. The molecule has 130 valence electrons. The molecule has 2 fully saturated rings. The summed E-state index contributed by atoms with van der Waals surface area (Å²) in [6.45, 7) is 7.78. The van der Waals surface area contributed by atoms with Crippen LogP contribution in [0.15, 0.2) is 0 Å². The van der Waals surface area contributed by atoms with Crippen LogP contribution >= 0.6 is 0 Å². The fourth-order valence-corrected chi connectivity index (χ4v) is 3.50. The second-order valence-corrected chi connectivity index (χ2v) is 8.01. The quantitative estimate of drug-likeness (QED) is 0.845. The molecule has 2 N–H and O–H groups in total. The molecule has 6 heteroatoms. The summed E-state index contributed by atoms with van der Waals surface area (Å²) in [5.41, 5.74) is 5.30. The van der Waals surface area contributed by atoms with Crippen molar-refractivity contribution in [1.82, 2.24) is 9.80 Å². The Morgan fingerprint density at radius 1 is 1.09 bits per heavy atom. The zero-order valence-corrected chi connectivity index (χ0v) is 14.5. The third kappa shape index (κ3) is 4.45. The third-order valence-corrected chi connectivity index (χ3v) is 4.68. The molecule has 2 heterocycles. The molecular weight excluding hydrogens is 294 g/mol. The summed E-state index contributed by atoms with van der Waals surface area (Å²) in [5, 5.41) is 0. The molecule has 2 rings (SSSR count). The van der Waals surface area contributed by atoms with Crippen molar-refractivity contribution in [2.75, 3.05) is 19.6 Å². The van der Waals surface area contributed by atoms with E-state index in [1.165, 1.54) is 0 Å². The Bertz CT molecular complexity index is 484. The summed E-state index contributed by atoms with van der Waals surface area (Å²) in [5.74, 6) is -0.560. The Morgan fingerprint density at radius 2 is 1.74 bits per heavy atom. The molecular formula is C17H29N3O3. The molecule has 3 amide bonds. The van der Waals surface area contributed by atoms with Gasteiger partial charge in [0.05, 0.1) is 5.92 Å². The van der Waals surface area contributed by atoms with Gasteiger partial charge in [-0.25, -0.2) is 0 Å². The van der Waals surface area contributed by atoms with Crippen LogP contribution in [0, 0.1) is 11.3 Å². The first-order chi connectivity index (χ1) is 10.7. The Kier molecular flexibility index (Phi) is 5.32. The highest BCUT2D eigenvalue weighted by atomic mass is 16.2. The number of primary amides is 1. The first kappa shape index (κ1) is 17.8. The predicted molar refractivity (Wildman–Crippen MR) is 87.3 cm³/mol. The molecule has 2 atom stereocenters. The fraction of sp³-hybridized carbons (Fsp3) is 0.824.